The number of hydrogen-bond acceptors (Lipinski definition) is 2. The highest BCUT2D eigenvalue weighted by Crippen LogP contribution is 2.48. The second-order valence-electron chi connectivity index (χ2n) is 22.0. The normalized spacial score (nSPS) is 11.8. The lowest BCUT2D eigenvalue weighted by Crippen LogP contribution is -2.11. The maximum Gasteiger partial charge on any atom is 0.0546 e. The van der Waals surface area contributed by atoms with Crippen molar-refractivity contribution in [2.24, 2.45) is 0 Å². The molecule has 0 aliphatic carbocycles. The first-order valence-corrected chi connectivity index (χ1v) is 29.0. The van der Waals surface area contributed by atoms with E-state index in [1.54, 1.807) is 0 Å². The summed E-state index contributed by atoms with van der Waals surface area (Å²) in [6, 6.07) is 116. The Balaban J connectivity index is 0.687. The summed E-state index contributed by atoms with van der Waals surface area (Å²) in [4.78, 5) is 4.95. The molecule has 0 aromatic heterocycles. The van der Waals surface area contributed by atoms with Gasteiger partial charge in [-0.1, -0.05) is 279 Å². The Bertz CT molecular complexity index is 4660. The van der Waals surface area contributed by atoms with Crippen LogP contribution in [0.25, 0.3) is 121 Å². The molecule has 0 saturated carbocycles. The maximum atomic E-state index is 2.47. The van der Waals surface area contributed by atoms with Crippen LogP contribution in [0.3, 0.4) is 0 Å². The third kappa shape index (κ3) is 8.51. The number of anilines is 6. The van der Waals surface area contributed by atoms with Gasteiger partial charge in [0, 0.05) is 32.9 Å². The van der Waals surface area contributed by atoms with Gasteiger partial charge in [-0.25, -0.2) is 0 Å². The fraction of sp³-hybridized carbons (Fsp3) is 0. The lowest BCUT2D eigenvalue weighted by atomic mass is 9.96. The zero-order chi connectivity index (χ0) is 55.5. The van der Waals surface area contributed by atoms with Gasteiger partial charge in [0.2, 0.25) is 0 Å². The smallest absolute Gasteiger partial charge is 0.0546 e. The van der Waals surface area contributed by atoms with Gasteiger partial charge in [0.25, 0.3) is 0 Å². The Kier molecular flexibility index (Phi) is 11.9. The Morgan fingerprint density at radius 1 is 0.179 bits per heavy atom. The summed E-state index contributed by atoms with van der Waals surface area (Å²) in [5, 5.41) is 19.7. The van der Waals surface area contributed by atoms with Gasteiger partial charge in [-0.3, -0.25) is 0 Å². The van der Waals surface area contributed by atoms with Crippen molar-refractivity contribution in [3.63, 3.8) is 0 Å². The van der Waals surface area contributed by atoms with Gasteiger partial charge in [-0.15, -0.1) is 0 Å². The molecule has 0 spiro atoms. The summed E-state index contributed by atoms with van der Waals surface area (Å²) in [6.45, 7) is 0. The van der Waals surface area contributed by atoms with Crippen molar-refractivity contribution in [2.45, 2.75) is 0 Å². The topological polar surface area (TPSA) is 6.48 Å². The van der Waals surface area contributed by atoms with Crippen LogP contribution in [-0.4, -0.2) is 0 Å². The van der Waals surface area contributed by atoms with E-state index < -0.39 is 0 Å². The van der Waals surface area contributed by atoms with E-state index in [0.29, 0.717) is 0 Å². The summed E-state index contributed by atoms with van der Waals surface area (Å²) >= 11 is 0. The van der Waals surface area contributed by atoms with Gasteiger partial charge >= 0.3 is 0 Å². The van der Waals surface area contributed by atoms with Gasteiger partial charge in [0.05, 0.1) is 22.7 Å². The SMILES string of the molecule is C(=C\c1ccc(-c2ccc(N(c3cc4ccccc4c4ccccc34)c3cc4ccccc4c4ccccc34)cc2)cc1)/c1ccc(-c2ccc(N(c3cc4ccccc4c4ccccc34)c3cc4ccccc4c4ccccc34)cc2)cc1. The van der Waals surface area contributed by atoms with Gasteiger partial charge in [0.1, 0.15) is 0 Å². The number of hydrogen-bond donors (Lipinski definition) is 0. The van der Waals surface area contributed by atoms with E-state index >= 15 is 0 Å². The molecule has 0 atom stereocenters. The number of rotatable bonds is 10. The molecule has 16 rings (SSSR count). The molecule has 392 valence electrons. The van der Waals surface area contributed by atoms with Crippen LogP contribution in [0.2, 0.25) is 0 Å². The molecule has 0 N–H and O–H groups in total. The van der Waals surface area contributed by atoms with Crippen LogP contribution >= 0.6 is 0 Å². The van der Waals surface area contributed by atoms with Crippen molar-refractivity contribution in [1.82, 2.24) is 0 Å². The van der Waals surface area contributed by atoms with E-state index in [1.807, 2.05) is 0 Å². The Labute approximate surface area is 488 Å². The number of fused-ring (bicyclic) bond motifs is 12. The third-order valence-corrected chi connectivity index (χ3v) is 17.2. The van der Waals surface area contributed by atoms with Crippen molar-refractivity contribution in [2.75, 3.05) is 9.80 Å². The minimum absolute atomic E-state index is 1.10. The standard InChI is InChI=1S/C82H54N2/c1-5-21-67-61(17-1)51-79(75-29-13-9-25-71(67)75)83(80-52-62-18-2-6-22-68(62)72-26-10-14-30-76(72)80)65-47-43-59(44-48-65)57-39-35-55(36-40-57)33-34-56-37-41-58(42-38-56)60-45-49-66(50-46-60)84(81-53-63-19-3-7-23-69(63)73-27-11-15-31-77(73)81)82-54-64-20-4-8-24-70(64)74-28-12-16-32-78(74)82/h1-54H/b34-33+. The summed E-state index contributed by atoms with van der Waals surface area (Å²) in [5.41, 5.74) is 13.8. The first-order chi connectivity index (χ1) is 41.6. The zero-order valence-electron chi connectivity index (χ0n) is 46.1. The number of nitrogens with zero attached hydrogens (tertiary/aromatic N) is 2. The summed E-state index contributed by atoms with van der Waals surface area (Å²) < 4.78 is 0. The molecule has 2 heteroatoms. The molecular formula is C82H54N2. The molecule has 0 fully saturated rings. The van der Waals surface area contributed by atoms with Crippen LogP contribution in [0, 0.1) is 0 Å². The van der Waals surface area contributed by atoms with Crippen LogP contribution in [0.15, 0.2) is 315 Å². The zero-order valence-corrected chi connectivity index (χ0v) is 46.1. The van der Waals surface area contributed by atoms with E-state index in [0.717, 1.165) is 45.3 Å². The lowest BCUT2D eigenvalue weighted by molar-refractivity contribution is 1.32. The quantitative estimate of drug-likeness (QED) is 0.0995. The fourth-order valence-corrected chi connectivity index (χ4v) is 13.1. The van der Waals surface area contributed by atoms with E-state index in [1.165, 1.54) is 108 Å². The largest absolute Gasteiger partial charge is 0.309 e. The average Bonchev–Trinajstić information content (AvgIpc) is 2.54. The molecule has 0 amide bonds. The Morgan fingerprint density at radius 3 is 0.631 bits per heavy atom. The van der Waals surface area contributed by atoms with Crippen LogP contribution in [0.4, 0.5) is 34.1 Å². The van der Waals surface area contributed by atoms with E-state index in [2.05, 4.69) is 337 Å². The fourth-order valence-electron chi connectivity index (χ4n) is 13.1. The molecule has 0 aliphatic heterocycles. The van der Waals surface area contributed by atoms with Crippen LogP contribution in [-0.2, 0) is 0 Å². The molecule has 84 heavy (non-hydrogen) atoms. The van der Waals surface area contributed by atoms with E-state index in [9.17, 15) is 0 Å². The van der Waals surface area contributed by atoms with E-state index in [4.69, 9.17) is 0 Å². The highest BCUT2D eigenvalue weighted by Gasteiger charge is 2.23. The monoisotopic (exact) mass is 1070 g/mol. The van der Waals surface area contributed by atoms with Crippen LogP contribution < -0.4 is 9.80 Å². The Hall–Kier alpha value is -11.1. The first kappa shape index (κ1) is 48.8. The molecule has 0 heterocycles. The van der Waals surface area contributed by atoms with Gasteiger partial charge in [-0.05, 0) is 147 Å². The molecule has 2 nitrogen and oxygen atoms in total. The van der Waals surface area contributed by atoms with Crippen molar-refractivity contribution >= 4 is 132 Å². The highest BCUT2D eigenvalue weighted by atomic mass is 15.2. The molecular weight excluding hydrogens is 1010 g/mol. The highest BCUT2D eigenvalue weighted by molar-refractivity contribution is 6.21. The predicted molar refractivity (Wildman–Crippen MR) is 362 cm³/mol. The van der Waals surface area contributed by atoms with Crippen molar-refractivity contribution in [1.29, 1.82) is 0 Å². The molecule has 0 saturated heterocycles. The van der Waals surface area contributed by atoms with Gasteiger partial charge in [0.15, 0.2) is 0 Å². The van der Waals surface area contributed by atoms with Crippen molar-refractivity contribution in [3.8, 4) is 22.3 Å². The minimum atomic E-state index is 1.10. The summed E-state index contributed by atoms with van der Waals surface area (Å²) in [7, 11) is 0. The molecule has 0 aliphatic rings. The van der Waals surface area contributed by atoms with E-state index in [-0.39, 0.29) is 0 Å². The van der Waals surface area contributed by atoms with Gasteiger partial charge < -0.3 is 9.80 Å². The first-order valence-electron chi connectivity index (χ1n) is 29.0. The molecule has 0 bridgehead atoms. The van der Waals surface area contributed by atoms with Gasteiger partial charge in [-0.2, -0.15) is 0 Å². The molecule has 0 unspecified atom stereocenters. The summed E-state index contributed by atoms with van der Waals surface area (Å²) in [5.74, 6) is 0. The second kappa shape index (κ2) is 20.5. The van der Waals surface area contributed by atoms with Crippen molar-refractivity contribution in [3.05, 3.63) is 327 Å². The minimum Gasteiger partial charge on any atom is -0.309 e. The molecule has 16 aromatic rings. The van der Waals surface area contributed by atoms with Crippen LogP contribution in [0.5, 0.6) is 0 Å². The third-order valence-electron chi connectivity index (χ3n) is 17.2. The lowest BCUT2D eigenvalue weighted by Gasteiger charge is -2.29. The van der Waals surface area contributed by atoms with Crippen LogP contribution in [0.1, 0.15) is 11.1 Å². The van der Waals surface area contributed by atoms with Crippen molar-refractivity contribution < 1.29 is 0 Å². The predicted octanol–water partition coefficient (Wildman–Crippen LogP) is 23.4. The Morgan fingerprint density at radius 2 is 0.381 bits per heavy atom. The number of benzene rings is 16. The maximum absolute atomic E-state index is 2.47. The molecule has 16 aromatic carbocycles. The summed E-state index contributed by atoms with van der Waals surface area (Å²) in [6.07, 6.45) is 4.41. The molecule has 0 radical (unpaired) electrons. The average molecular weight is 1070 g/mol. The second-order valence-corrected chi connectivity index (χ2v) is 22.0.